The van der Waals surface area contributed by atoms with E-state index in [1.165, 1.54) is 38.8 Å². The van der Waals surface area contributed by atoms with Crippen LogP contribution in [0.5, 0.6) is 0 Å². The van der Waals surface area contributed by atoms with E-state index in [1.807, 2.05) is 37.3 Å². The van der Waals surface area contributed by atoms with E-state index in [0.29, 0.717) is 12.6 Å². The van der Waals surface area contributed by atoms with Crippen LogP contribution in [-0.4, -0.2) is 41.7 Å². The summed E-state index contributed by atoms with van der Waals surface area (Å²) >= 11 is 0. The molecule has 3 nitrogen and oxygen atoms in total. The highest BCUT2D eigenvalue weighted by Crippen LogP contribution is 2.27. The lowest BCUT2D eigenvalue weighted by molar-refractivity contribution is 0.0484. The van der Waals surface area contributed by atoms with Crippen LogP contribution in [0.25, 0.3) is 0 Å². The zero-order chi connectivity index (χ0) is 14.0. The molecule has 2 N–H and O–H groups in total. The Bertz CT molecular complexity index is 432. The molecule has 0 aromatic heterocycles. The second-order valence-corrected chi connectivity index (χ2v) is 6.57. The van der Waals surface area contributed by atoms with E-state index >= 15 is 0 Å². The van der Waals surface area contributed by atoms with Crippen molar-refractivity contribution >= 4 is 0 Å². The molecule has 3 atom stereocenters. The molecule has 2 fully saturated rings. The van der Waals surface area contributed by atoms with Gasteiger partial charge in [-0.1, -0.05) is 30.3 Å². The van der Waals surface area contributed by atoms with Crippen LogP contribution in [0.15, 0.2) is 30.3 Å². The minimum atomic E-state index is -0.784. The maximum absolute atomic E-state index is 10.6. The zero-order valence-corrected chi connectivity index (χ0v) is 12.4. The molecule has 1 aromatic carbocycles. The monoisotopic (exact) mass is 274 g/mol. The Balaban J connectivity index is 1.54. The van der Waals surface area contributed by atoms with Crippen LogP contribution >= 0.6 is 0 Å². The highest BCUT2D eigenvalue weighted by Gasteiger charge is 2.32. The third-order valence-electron chi connectivity index (χ3n) is 4.95. The topological polar surface area (TPSA) is 35.5 Å². The Morgan fingerprint density at radius 2 is 2.05 bits per heavy atom. The van der Waals surface area contributed by atoms with E-state index in [9.17, 15) is 5.11 Å². The molecule has 110 valence electrons. The molecule has 2 heterocycles. The molecule has 0 amide bonds. The van der Waals surface area contributed by atoms with Crippen molar-refractivity contribution in [1.82, 2.24) is 10.2 Å². The van der Waals surface area contributed by atoms with Gasteiger partial charge in [0.25, 0.3) is 0 Å². The number of aliphatic hydroxyl groups is 1. The van der Waals surface area contributed by atoms with E-state index in [-0.39, 0.29) is 0 Å². The predicted octanol–water partition coefficient (Wildman–Crippen LogP) is 2.11. The first-order valence-corrected chi connectivity index (χ1v) is 7.90. The van der Waals surface area contributed by atoms with Crippen molar-refractivity contribution in [3.63, 3.8) is 0 Å². The number of rotatable bonds is 4. The number of hydrogen-bond donors (Lipinski definition) is 2. The van der Waals surface area contributed by atoms with Crippen LogP contribution in [0, 0.1) is 0 Å². The van der Waals surface area contributed by atoms with E-state index < -0.39 is 5.60 Å². The summed E-state index contributed by atoms with van der Waals surface area (Å²) in [5.41, 5.74) is 0.208. The minimum Gasteiger partial charge on any atom is -0.384 e. The van der Waals surface area contributed by atoms with Crippen LogP contribution < -0.4 is 5.32 Å². The second-order valence-electron chi connectivity index (χ2n) is 6.57. The zero-order valence-electron chi connectivity index (χ0n) is 12.4. The molecule has 0 saturated carbocycles. The van der Waals surface area contributed by atoms with Crippen molar-refractivity contribution in [3.05, 3.63) is 35.9 Å². The Kier molecular flexibility index (Phi) is 4.11. The molecule has 2 aliphatic rings. The van der Waals surface area contributed by atoms with Gasteiger partial charge in [0.15, 0.2) is 0 Å². The SMILES string of the molecule is CC(O)(CNC1CCN2CCCC2C1)c1ccccc1. The van der Waals surface area contributed by atoms with Crippen LogP contribution in [0.2, 0.25) is 0 Å². The van der Waals surface area contributed by atoms with Crippen LogP contribution in [-0.2, 0) is 5.60 Å². The molecule has 0 radical (unpaired) electrons. The average molecular weight is 274 g/mol. The van der Waals surface area contributed by atoms with Crippen molar-refractivity contribution in [1.29, 1.82) is 0 Å². The quantitative estimate of drug-likeness (QED) is 0.883. The molecule has 3 heteroatoms. The molecule has 0 bridgehead atoms. The lowest BCUT2D eigenvalue weighted by Gasteiger charge is -2.36. The van der Waals surface area contributed by atoms with E-state index in [4.69, 9.17) is 0 Å². The molecular formula is C17H26N2O. The van der Waals surface area contributed by atoms with Gasteiger partial charge in [-0.3, -0.25) is 0 Å². The normalized spacial score (nSPS) is 29.9. The molecule has 20 heavy (non-hydrogen) atoms. The number of nitrogens with one attached hydrogen (secondary N) is 1. The van der Waals surface area contributed by atoms with Crippen LogP contribution in [0.1, 0.15) is 38.2 Å². The smallest absolute Gasteiger partial charge is 0.0992 e. The van der Waals surface area contributed by atoms with E-state index in [2.05, 4.69) is 10.2 Å². The van der Waals surface area contributed by atoms with Gasteiger partial charge in [-0.2, -0.15) is 0 Å². The Labute approximate surface area is 122 Å². The fourth-order valence-corrected chi connectivity index (χ4v) is 3.65. The third-order valence-corrected chi connectivity index (χ3v) is 4.95. The molecule has 3 unspecified atom stereocenters. The number of benzene rings is 1. The van der Waals surface area contributed by atoms with E-state index in [1.54, 1.807) is 0 Å². The van der Waals surface area contributed by atoms with Gasteiger partial charge in [0.2, 0.25) is 0 Å². The molecule has 3 rings (SSSR count). The number of hydrogen-bond acceptors (Lipinski definition) is 3. The minimum absolute atomic E-state index is 0.560. The summed E-state index contributed by atoms with van der Waals surface area (Å²) in [7, 11) is 0. The van der Waals surface area contributed by atoms with Crippen LogP contribution in [0.3, 0.4) is 0 Å². The second kappa shape index (κ2) is 5.84. The average Bonchev–Trinajstić information content (AvgIpc) is 2.94. The van der Waals surface area contributed by atoms with Gasteiger partial charge >= 0.3 is 0 Å². The van der Waals surface area contributed by atoms with Gasteiger partial charge in [0, 0.05) is 18.6 Å². The highest BCUT2D eigenvalue weighted by atomic mass is 16.3. The Morgan fingerprint density at radius 3 is 2.85 bits per heavy atom. The van der Waals surface area contributed by atoms with Gasteiger partial charge in [0.05, 0.1) is 5.60 Å². The number of nitrogens with zero attached hydrogens (tertiary/aromatic N) is 1. The number of piperidine rings is 1. The van der Waals surface area contributed by atoms with Gasteiger partial charge in [0.1, 0.15) is 0 Å². The van der Waals surface area contributed by atoms with Crippen molar-refractivity contribution in [2.24, 2.45) is 0 Å². The summed E-state index contributed by atoms with van der Waals surface area (Å²) in [5.74, 6) is 0. The van der Waals surface area contributed by atoms with Gasteiger partial charge in [-0.25, -0.2) is 0 Å². The highest BCUT2D eigenvalue weighted by molar-refractivity contribution is 5.21. The predicted molar refractivity (Wildman–Crippen MR) is 81.6 cm³/mol. The molecule has 0 aliphatic carbocycles. The first-order valence-electron chi connectivity index (χ1n) is 7.90. The summed E-state index contributed by atoms with van der Waals surface area (Å²) < 4.78 is 0. The Hall–Kier alpha value is -0.900. The number of fused-ring (bicyclic) bond motifs is 1. The lowest BCUT2D eigenvalue weighted by Crippen LogP contribution is -2.48. The van der Waals surface area contributed by atoms with Crippen molar-refractivity contribution in [2.75, 3.05) is 19.6 Å². The molecular weight excluding hydrogens is 248 g/mol. The van der Waals surface area contributed by atoms with Gasteiger partial charge in [-0.15, -0.1) is 0 Å². The van der Waals surface area contributed by atoms with Gasteiger partial charge < -0.3 is 15.3 Å². The molecule has 0 spiro atoms. The third kappa shape index (κ3) is 3.05. The fourth-order valence-electron chi connectivity index (χ4n) is 3.65. The molecule has 2 saturated heterocycles. The van der Waals surface area contributed by atoms with Crippen LogP contribution in [0.4, 0.5) is 0 Å². The largest absolute Gasteiger partial charge is 0.384 e. The summed E-state index contributed by atoms with van der Waals surface area (Å²) in [6.45, 7) is 5.05. The van der Waals surface area contributed by atoms with Crippen molar-refractivity contribution in [3.8, 4) is 0 Å². The lowest BCUT2D eigenvalue weighted by atomic mass is 9.93. The maximum Gasteiger partial charge on any atom is 0.0992 e. The van der Waals surface area contributed by atoms with E-state index in [0.717, 1.165) is 11.6 Å². The maximum atomic E-state index is 10.6. The van der Waals surface area contributed by atoms with Crippen molar-refractivity contribution < 1.29 is 5.11 Å². The summed E-state index contributed by atoms with van der Waals surface area (Å²) in [6.07, 6.45) is 5.17. The standard InChI is InChI=1S/C17H26N2O/c1-17(20,14-6-3-2-4-7-14)13-18-15-9-11-19-10-5-8-16(19)12-15/h2-4,6-7,15-16,18,20H,5,8-13H2,1H3. The first-order chi connectivity index (χ1) is 9.65. The van der Waals surface area contributed by atoms with Crippen molar-refractivity contribution in [2.45, 2.75) is 50.3 Å². The first kappa shape index (κ1) is 14.1. The summed E-state index contributed by atoms with van der Waals surface area (Å²) in [5, 5.41) is 14.2. The molecule has 2 aliphatic heterocycles. The fraction of sp³-hybridized carbons (Fsp3) is 0.647. The van der Waals surface area contributed by atoms with Gasteiger partial charge in [-0.05, 0) is 51.3 Å². The Morgan fingerprint density at radius 1 is 1.25 bits per heavy atom. The summed E-state index contributed by atoms with van der Waals surface area (Å²) in [6, 6.07) is 11.3. The molecule has 1 aromatic rings. The summed E-state index contributed by atoms with van der Waals surface area (Å²) in [4.78, 5) is 2.63.